The SMILES string of the molecule is CC(C)(C)NC(=O)N1CCC(COc2ccc3nc(C4CC4)cn3n2)CC1. The molecule has 2 aromatic heterocycles. The second-order valence-corrected chi connectivity index (χ2v) is 8.84. The zero-order valence-corrected chi connectivity index (χ0v) is 16.4. The van der Waals surface area contributed by atoms with Crippen molar-refractivity contribution in [3.8, 4) is 5.88 Å². The van der Waals surface area contributed by atoms with Crippen LogP contribution in [0.2, 0.25) is 0 Å². The first kappa shape index (κ1) is 18.1. The molecule has 0 unspecified atom stereocenters. The molecule has 1 aliphatic heterocycles. The highest BCUT2D eigenvalue weighted by molar-refractivity contribution is 5.75. The second-order valence-electron chi connectivity index (χ2n) is 8.84. The van der Waals surface area contributed by atoms with Crippen molar-refractivity contribution in [3.05, 3.63) is 24.0 Å². The Morgan fingerprint density at radius 3 is 2.63 bits per heavy atom. The molecule has 1 aliphatic carbocycles. The lowest BCUT2D eigenvalue weighted by atomic mass is 9.98. The fourth-order valence-corrected chi connectivity index (χ4v) is 3.44. The Labute approximate surface area is 160 Å². The lowest BCUT2D eigenvalue weighted by molar-refractivity contribution is 0.138. The van der Waals surface area contributed by atoms with Gasteiger partial charge in [-0.1, -0.05) is 0 Å². The molecule has 2 fully saturated rings. The maximum absolute atomic E-state index is 12.2. The maximum atomic E-state index is 12.2. The van der Waals surface area contributed by atoms with Crippen molar-refractivity contribution in [2.75, 3.05) is 19.7 Å². The summed E-state index contributed by atoms with van der Waals surface area (Å²) in [4.78, 5) is 18.8. The van der Waals surface area contributed by atoms with Gasteiger partial charge in [-0.2, -0.15) is 0 Å². The molecule has 4 rings (SSSR count). The van der Waals surface area contributed by atoms with Gasteiger partial charge in [-0.05, 0) is 58.4 Å². The van der Waals surface area contributed by atoms with Crippen LogP contribution >= 0.6 is 0 Å². The summed E-state index contributed by atoms with van der Waals surface area (Å²) in [5.41, 5.74) is 1.82. The molecule has 3 heterocycles. The molecular formula is C20H29N5O2. The fourth-order valence-electron chi connectivity index (χ4n) is 3.44. The van der Waals surface area contributed by atoms with Crippen molar-refractivity contribution in [3.63, 3.8) is 0 Å². The Morgan fingerprint density at radius 1 is 1.22 bits per heavy atom. The largest absolute Gasteiger partial charge is 0.476 e. The fraction of sp³-hybridized carbons (Fsp3) is 0.650. The van der Waals surface area contributed by atoms with E-state index in [4.69, 9.17) is 4.74 Å². The highest BCUT2D eigenvalue weighted by Crippen LogP contribution is 2.39. The zero-order chi connectivity index (χ0) is 19.0. The third-order valence-corrected chi connectivity index (χ3v) is 5.16. The summed E-state index contributed by atoms with van der Waals surface area (Å²) in [6, 6.07) is 3.89. The highest BCUT2D eigenvalue weighted by atomic mass is 16.5. The van der Waals surface area contributed by atoms with Crippen LogP contribution in [-0.2, 0) is 0 Å². The molecule has 7 nitrogen and oxygen atoms in total. The Morgan fingerprint density at radius 2 is 1.96 bits per heavy atom. The van der Waals surface area contributed by atoms with Crippen LogP contribution < -0.4 is 10.1 Å². The van der Waals surface area contributed by atoms with E-state index in [9.17, 15) is 4.79 Å². The van der Waals surface area contributed by atoms with E-state index in [0.717, 1.165) is 37.3 Å². The average Bonchev–Trinajstić information content (AvgIpc) is 3.38. The van der Waals surface area contributed by atoms with Gasteiger partial charge in [-0.25, -0.2) is 14.3 Å². The topological polar surface area (TPSA) is 71.8 Å². The summed E-state index contributed by atoms with van der Waals surface area (Å²) in [7, 11) is 0. The molecule has 0 atom stereocenters. The van der Waals surface area contributed by atoms with E-state index in [1.807, 2.05) is 48.5 Å². The molecule has 2 aromatic rings. The van der Waals surface area contributed by atoms with Crippen molar-refractivity contribution < 1.29 is 9.53 Å². The maximum Gasteiger partial charge on any atom is 0.317 e. The van der Waals surface area contributed by atoms with E-state index in [0.29, 0.717) is 24.3 Å². The van der Waals surface area contributed by atoms with Crippen LogP contribution in [0.5, 0.6) is 5.88 Å². The van der Waals surface area contributed by atoms with Gasteiger partial charge in [0.2, 0.25) is 5.88 Å². The summed E-state index contributed by atoms with van der Waals surface area (Å²) in [5, 5.41) is 7.56. The highest BCUT2D eigenvalue weighted by Gasteiger charge is 2.27. The van der Waals surface area contributed by atoms with Gasteiger partial charge in [0, 0.05) is 30.6 Å². The number of urea groups is 1. The standard InChI is InChI=1S/C20H29N5O2/c1-20(2,3)22-19(26)24-10-8-14(9-11-24)13-27-18-7-6-17-21-16(15-4-5-15)12-25(17)23-18/h6-7,12,14-15H,4-5,8-11,13H2,1-3H3,(H,22,26). The molecule has 2 amide bonds. The van der Waals surface area contributed by atoms with Gasteiger partial charge in [0.15, 0.2) is 5.65 Å². The van der Waals surface area contributed by atoms with Crippen molar-refractivity contribution in [1.82, 2.24) is 24.8 Å². The third-order valence-electron chi connectivity index (χ3n) is 5.16. The van der Waals surface area contributed by atoms with E-state index in [1.54, 1.807) is 0 Å². The summed E-state index contributed by atoms with van der Waals surface area (Å²) in [6.45, 7) is 8.19. The zero-order valence-electron chi connectivity index (χ0n) is 16.4. The molecule has 0 aromatic carbocycles. The number of hydrogen-bond acceptors (Lipinski definition) is 4. The first-order valence-corrected chi connectivity index (χ1v) is 9.93. The normalized spacial score (nSPS) is 18.7. The number of imidazole rings is 1. The third kappa shape index (κ3) is 4.51. The monoisotopic (exact) mass is 371 g/mol. The number of rotatable bonds is 4. The number of nitrogens with one attached hydrogen (secondary N) is 1. The minimum atomic E-state index is -0.200. The van der Waals surface area contributed by atoms with Gasteiger partial charge in [0.25, 0.3) is 0 Å². The van der Waals surface area contributed by atoms with Crippen LogP contribution in [0.25, 0.3) is 5.65 Å². The van der Waals surface area contributed by atoms with Crippen LogP contribution in [0.15, 0.2) is 18.3 Å². The lowest BCUT2D eigenvalue weighted by Crippen LogP contribution is -2.51. The van der Waals surface area contributed by atoms with E-state index in [2.05, 4.69) is 15.4 Å². The molecule has 0 spiro atoms. The summed E-state index contributed by atoms with van der Waals surface area (Å²) >= 11 is 0. The molecule has 1 N–H and O–H groups in total. The average molecular weight is 371 g/mol. The number of ether oxygens (including phenoxy) is 1. The molecule has 7 heteroatoms. The molecule has 1 saturated heterocycles. The van der Waals surface area contributed by atoms with E-state index >= 15 is 0 Å². The number of piperidine rings is 1. The van der Waals surface area contributed by atoms with Crippen LogP contribution in [0, 0.1) is 5.92 Å². The minimum absolute atomic E-state index is 0.0283. The number of nitrogens with zero attached hydrogens (tertiary/aromatic N) is 4. The molecule has 0 radical (unpaired) electrons. The van der Waals surface area contributed by atoms with Crippen molar-refractivity contribution in [1.29, 1.82) is 0 Å². The number of amides is 2. The molecule has 2 aliphatic rings. The van der Waals surface area contributed by atoms with Gasteiger partial charge in [-0.15, -0.1) is 5.10 Å². The van der Waals surface area contributed by atoms with Crippen molar-refractivity contribution in [2.45, 2.75) is 57.9 Å². The Kier molecular flexibility index (Phi) is 4.70. The predicted octanol–water partition coefficient (Wildman–Crippen LogP) is 3.21. The lowest BCUT2D eigenvalue weighted by Gasteiger charge is -2.34. The smallest absolute Gasteiger partial charge is 0.317 e. The van der Waals surface area contributed by atoms with E-state index in [1.165, 1.54) is 12.8 Å². The predicted molar refractivity (Wildman–Crippen MR) is 103 cm³/mol. The molecule has 0 bridgehead atoms. The Hall–Kier alpha value is -2.31. The Bertz CT molecular complexity index is 813. The quantitative estimate of drug-likeness (QED) is 0.896. The van der Waals surface area contributed by atoms with Crippen LogP contribution in [0.1, 0.15) is 58.1 Å². The number of carbonyl (C=O) groups excluding carboxylic acids is 1. The van der Waals surface area contributed by atoms with Crippen LogP contribution in [0.3, 0.4) is 0 Å². The minimum Gasteiger partial charge on any atom is -0.476 e. The van der Waals surface area contributed by atoms with Gasteiger partial charge >= 0.3 is 6.03 Å². The van der Waals surface area contributed by atoms with Gasteiger partial charge in [0.1, 0.15) is 0 Å². The van der Waals surface area contributed by atoms with E-state index in [-0.39, 0.29) is 11.6 Å². The van der Waals surface area contributed by atoms with Crippen LogP contribution in [0.4, 0.5) is 4.79 Å². The molecule has 1 saturated carbocycles. The summed E-state index contributed by atoms with van der Waals surface area (Å²) in [5.74, 6) is 1.71. The van der Waals surface area contributed by atoms with Gasteiger partial charge in [0.05, 0.1) is 18.5 Å². The van der Waals surface area contributed by atoms with Gasteiger partial charge in [-0.3, -0.25) is 0 Å². The summed E-state index contributed by atoms with van der Waals surface area (Å²) < 4.78 is 7.76. The second kappa shape index (κ2) is 7.02. The van der Waals surface area contributed by atoms with Crippen molar-refractivity contribution in [2.24, 2.45) is 5.92 Å². The molecular weight excluding hydrogens is 342 g/mol. The van der Waals surface area contributed by atoms with Gasteiger partial charge < -0.3 is 15.0 Å². The van der Waals surface area contributed by atoms with E-state index < -0.39 is 0 Å². The first-order chi connectivity index (χ1) is 12.9. The van der Waals surface area contributed by atoms with Crippen LogP contribution in [-0.4, -0.2) is 50.8 Å². The number of likely N-dealkylation sites (tertiary alicyclic amines) is 1. The van der Waals surface area contributed by atoms with Crippen molar-refractivity contribution >= 4 is 11.7 Å². The summed E-state index contributed by atoms with van der Waals surface area (Å²) in [6.07, 6.45) is 6.40. The Balaban J connectivity index is 1.27. The number of carbonyl (C=O) groups is 1. The first-order valence-electron chi connectivity index (χ1n) is 9.93. The number of fused-ring (bicyclic) bond motifs is 1. The number of aromatic nitrogens is 3. The number of hydrogen-bond donors (Lipinski definition) is 1. The molecule has 146 valence electrons. The molecule has 27 heavy (non-hydrogen) atoms.